The molecule has 0 aliphatic carbocycles. The molecule has 1 aromatic carbocycles. The summed E-state index contributed by atoms with van der Waals surface area (Å²) in [5.74, 6) is 1.73. The number of carbonyl (C=O) groups is 1. The molecule has 0 saturated carbocycles. The van der Waals surface area contributed by atoms with E-state index in [-0.39, 0.29) is 11.7 Å². The van der Waals surface area contributed by atoms with Crippen LogP contribution in [0.15, 0.2) is 18.2 Å². The molecule has 0 bridgehead atoms. The van der Waals surface area contributed by atoms with Crippen molar-refractivity contribution in [2.75, 3.05) is 26.3 Å². The van der Waals surface area contributed by atoms with E-state index >= 15 is 0 Å². The number of ketones is 1. The van der Waals surface area contributed by atoms with E-state index < -0.39 is 0 Å². The molecule has 0 radical (unpaired) electrons. The van der Waals surface area contributed by atoms with Crippen LogP contribution in [-0.4, -0.2) is 32.1 Å². The van der Waals surface area contributed by atoms with E-state index in [0.717, 1.165) is 30.8 Å². The second kappa shape index (κ2) is 4.37. The number of Topliss-reactive ketones (excluding diaryl/α,β-unsaturated/α-hetero) is 1. The second-order valence-electron chi connectivity index (χ2n) is 4.41. The van der Waals surface area contributed by atoms with Crippen LogP contribution in [-0.2, 0) is 0 Å². The van der Waals surface area contributed by atoms with E-state index in [1.807, 2.05) is 12.1 Å². The van der Waals surface area contributed by atoms with Gasteiger partial charge in [-0.2, -0.15) is 0 Å². The lowest BCUT2D eigenvalue weighted by Crippen LogP contribution is -2.19. The molecule has 4 nitrogen and oxygen atoms in total. The number of rotatable bonds is 2. The van der Waals surface area contributed by atoms with Gasteiger partial charge in [-0.15, -0.1) is 0 Å². The van der Waals surface area contributed by atoms with Crippen LogP contribution in [0.3, 0.4) is 0 Å². The van der Waals surface area contributed by atoms with Gasteiger partial charge >= 0.3 is 0 Å². The Balaban J connectivity index is 1.85. The highest BCUT2D eigenvalue weighted by Gasteiger charge is 2.24. The highest BCUT2D eigenvalue weighted by Crippen LogP contribution is 2.31. The van der Waals surface area contributed by atoms with Crippen molar-refractivity contribution in [3.05, 3.63) is 23.8 Å². The SMILES string of the molecule is O=C(c1ccc2c(c1)OCCO2)C1CCNC1. The van der Waals surface area contributed by atoms with Crippen molar-refractivity contribution in [1.82, 2.24) is 5.32 Å². The van der Waals surface area contributed by atoms with E-state index in [4.69, 9.17) is 9.47 Å². The first-order valence-corrected chi connectivity index (χ1v) is 5.99. The standard InChI is InChI=1S/C13H15NO3/c15-13(10-3-4-14-8-10)9-1-2-11-12(7-9)17-6-5-16-11/h1-2,7,10,14H,3-6,8H2. The minimum absolute atomic E-state index is 0.109. The van der Waals surface area contributed by atoms with Crippen LogP contribution in [0.25, 0.3) is 0 Å². The fourth-order valence-corrected chi connectivity index (χ4v) is 2.31. The van der Waals surface area contributed by atoms with E-state index in [0.29, 0.717) is 19.0 Å². The van der Waals surface area contributed by atoms with Gasteiger partial charge in [-0.05, 0) is 31.2 Å². The summed E-state index contributed by atoms with van der Waals surface area (Å²) >= 11 is 0. The van der Waals surface area contributed by atoms with Crippen LogP contribution >= 0.6 is 0 Å². The molecule has 1 atom stereocenters. The zero-order chi connectivity index (χ0) is 11.7. The van der Waals surface area contributed by atoms with Crippen LogP contribution in [0.4, 0.5) is 0 Å². The molecule has 1 fully saturated rings. The van der Waals surface area contributed by atoms with Gasteiger partial charge in [0.2, 0.25) is 0 Å². The van der Waals surface area contributed by atoms with Gasteiger partial charge in [0, 0.05) is 18.0 Å². The molecule has 3 rings (SSSR count). The van der Waals surface area contributed by atoms with Gasteiger partial charge in [-0.3, -0.25) is 4.79 Å². The molecule has 2 aliphatic heterocycles. The number of benzene rings is 1. The molecule has 2 heterocycles. The molecule has 0 spiro atoms. The molecule has 4 heteroatoms. The number of hydrogen-bond acceptors (Lipinski definition) is 4. The maximum Gasteiger partial charge on any atom is 0.167 e. The van der Waals surface area contributed by atoms with Crippen LogP contribution in [0, 0.1) is 5.92 Å². The highest BCUT2D eigenvalue weighted by atomic mass is 16.6. The summed E-state index contributed by atoms with van der Waals surface area (Å²) < 4.78 is 10.9. The van der Waals surface area contributed by atoms with Crippen molar-refractivity contribution in [2.24, 2.45) is 5.92 Å². The third-order valence-electron chi connectivity index (χ3n) is 3.26. The van der Waals surface area contributed by atoms with E-state index in [1.165, 1.54) is 0 Å². The Hall–Kier alpha value is -1.55. The van der Waals surface area contributed by atoms with Crippen LogP contribution < -0.4 is 14.8 Å². The van der Waals surface area contributed by atoms with Crippen molar-refractivity contribution < 1.29 is 14.3 Å². The van der Waals surface area contributed by atoms with Gasteiger partial charge in [-0.1, -0.05) is 0 Å². The molecule has 17 heavy (non-hydrogen) atoms. The molecule has 1 N–H and O–H groups in total. The molecule has 90 valence electrons. The van der Waals surface area contributed by atoms with E-state index in [9.17, 15) is 4.79 Å². The van der Waals surface area contributed by atoms with Gasteiger partial charge in [0.25, 0.3) is 0 Å². The van der Waals surface area contributed by atoms with Gasteiger partial charge in [0.1, 0.15) is 13.2 Å². The number of nitrogens with one attached hydrogen (secondary N) is 1. The van der Waals surface area contributed by atoms with Crippen LogP contribution in [0.2, 0.25) is 0 Å². The first kappa shape index (κ1) is 10.6. The summed E-state index contributed by atoms with van der Waals surface area (Å²) in [6.07, 6.45) is 0.924. The third kappa shape index (κ3) is 2.00. The molecule has 1 unspecified atom stereocenters. The second-order valence-corrected chi connectivity index (χ2v) is 4.41. The lowest BCUT2D eigenvalue weighted by atomic mass is 9.96. The lowest BCUT2D eigenvalue weighted by molar-refractivity contribution is 0.0929. The molecule has 1 saturated heterocycles. The monoisotopic (exact) mass is 233 g/mol. The Morgan fingerprint density at radius 3 is 2.82 bits per heavy atom. The Morgan fingerprint density at radius 2 is 2.06 bits per heavy atom. The van der Waals surface area contributed by atoms with Crippen LogP contribution in [0.5, 0.6) is 11.5 Å². The largest absolute Gasteiger partial charge is 0.486 e. The van der Waals surface area contributed by atoms with Gasteiger partial charge < -0.3 is 14.8 Å². The highest BCUT2D eigenvalue weighted by molar-refractivity contribution is 5.98. The van der Waals surface area contributed by atoms with Crippen molar-refractivity contribution in [3.8, 4) is 11.5 Å². The molecule has 0 amide bonds. The van der Waals surface area contributed by atoms with E-state index in [2.05, 4.69) is 5.32 Å². The van der Waals surface area contributed by atoms with Crippen molar-refractivity contribution >= 4 is 5.78 Å². The summed E-state index contributed by atoms with van der Waals surface area (Å²) in [7, 11) is 0. The normalized spacial score (nSPS) is 22.5. The molecule has 0 aromatic heterocycles. The number of ether oxygens (including phenoxy) is 2. The molecule has 1 aromatic rings. The number of fused-ring (bicyclic) bond motifs is 1. The minimum Gasteiger partial charge on any atom is -0.486 e. The zero-order valence-corrected chi connectivity index (χ0v) is 9.57. The van der Waals surface area contributed by atoms with Gasteiger partial charge in [-0.25, -0.2) is 0 Å². The summed E-state index contributed by atoms with van der Waals surface area (Å²) in [5.41, 5.74) is 0.725. The van der Waals surface area contributed by atoms with Crippen molar-refractivity contribution in [3.63, 3.8) is 0 Å². The predicted molar refractivity (Wildman–Crippen MR) is 62.7 cm³/mol. The quantitative estimate of drug-likeness (QED) is 0.781. The number of hydrogen-bond donors (Lipinski definition) is 1. The van der Waals surface area contributed by atoms with Crippen molar-refractivity contribution in [1.29, 1.82) is 0 Å². The Bertz CT molecular complexity index is 438. The van der Waals surface area contributed by atoms with Gasteiger partial charge in [0.05, 0.1) is 0 Å². The van der Waals surface area contributed by atoms with Crippen LogP contribution in [0.1, 0.15) is 16.8 Å². The van der Waals surface area contributed by atoms with Crippen molar-refractivity contribution in [2.45, 2.75) is 6.42 Å². The smallest absolute Gasteiger partial charge is 0.167 e. The fourth-order valence-electron chi connectivity index (χ4n) is 2.31. The maximum absolute atomic E-state index is 12.2. The third-order valence-corrected chi connectivity index (χ3v) is 3.26. The van der Waals surface area contributed by atoms with E-state index in [1.54, 1.807) is 6.07 Å². The number of carbonyl (C=O) groups excluding carboxylic acids is 1. The summed E-state index contributed by atoms with van der Waals surface area (Å²) in [6, 6.07) is 5.45. The first-order valence-electron chi connectivity index (χ1n) is 5.99. The topological polar surface area (TPSA) is 47.6 Å². The summed E-state index contributed by atoms with van der Waals surface area (Å²) in [4.78, 5) is 12.2. The Morgan fingerprint density at radius 1 is 1.24 bits per heavy atom. The molecule has 2 aliphatic rings. The summed E-state index contributed by atoms with van der Waals surface area (Å²) in [5, 5.41) is 3.21. The average molecular weight is 233 g/mol. The Kier molecular flexibility index (Phi) is 2.73. The molecular weight excluding hydrogens is 218 g/mol. The Labute approximate surface area is 99.9 Å². The zero-order valence-electron chi connectivity index (χ0n) is 9.57. The average Bonchev–Trinajstić information content (AvgIpc) is 2.91. The predicted octanol–water partition coefficient (Wildman–Crippen LogP) is 1.25. The van der Waals surface area contributed by atoms with Gasteiger partial charge in [0.15, 0.2) is 17.3 Å². The first-order chi connectivity index (χ1) is 8.34. The molecular formula is C13H15NO3. The maximum atomic E-state index is 12.2. The summed E-state index contributed by atoms with van der Waals surface area (Å²) in [6.45, 7) is 2.84. The fraction of sp³-hybridized carbons (Fsp3) is 0.462. The minimum atomic E-state index is 0.109. The lowest BCUT2D eigenvalue weighted by Gasteiger charge is -2.19.